The number of aromatic nitrogens is 4. The van der Waals surface area contributed by atoms with Crippen LogP contribution in [0.25, 0.3) is 11.2 Å². The predicted octanol–water partition coefficient (Wildman–Crippen LogP) is 7.33. The predicted molar refractivity (Wildman–Crippen MR) is 178 cm³/mol. The molecule has 0 saturated carbocycles. The van der Waals surface area contributed by atoms with Crippen LogP contribution in [0.1, 0.15) is 98.3 Å². The molecule has 2 atom stereocenters. The molecule has 0 radical (unpaired) electrons. The molecule has 43 heavy (non-hydrogen) atoms. The summed E-state index contributed by atoms with van der Waals surface area (Å²) in [5.74, 6) is 3.82. The van der Waals surface area contributed by atoms with Gasteiger partial charge in [0.2, 0.25) is 0 Å². The first-order valence-corrected chi connectivity index (χ1v) is 20.7. The standard InChI is InChI=1S/C31H56N5O5PSi/c1-5-43(6-2,7-3)23-19-17-15-13-11-9-8-10-12-14-16-18-20-39-21-22-41-42(37,38)27-40-28(4)24-36-26-35-29-30(32)33-25-34-31(29)36/h25-26,28H,5-18,20-22,24,27H2,1-4H3,(H,37,38)(H2,32,33,34)/t28-/m1/s1. The molecule has 2 rings (SSSR count). The quantitative estimate of drug-likeness (QED) is 0.0525. The van der Waals surface area contributed by atoms with E-state index in [0.717, 1.165) is 19.3 Å². The van der Waals surface area contributed by atoms with E-state index in [1.54, 1.807) is 17.8 Å². The van der Waals surface area contributed by atoms with Gasteiger partial charge in [-0.3, -0.25) is 4.57 Å². The maximum absolute atomic E-state index is 12.3. The van der Waals surface area contributed by atoms with Gasteiger partial charge in [-0.15, -0.1) is 11.5 Å². The zero-order valence-corrected chi connectivity index (χ0v) is 29.0. The molecule has 0 aliphatic carbocycles. The third kappa shape index (κ3) is 14.7. The molecule has 3 N–H and O–H groups in total. The lowest BCUT2D eigenvalue weighted by Crippen LogP contribution is -2.29. The van der Waals surface area contributed by atoms with Crippen molar-refractivity contribution in [2.45, 2.75) is 129 Å². The highest BCUT2D eigenvalue weighted by Gasteiger charge is 2.24. The molecule has 1 unspecified atom stereocenters. The number of unbranched alkanes of at least 4 members (excludes halogenated alkanes) is 10. The van der Waals surface area contributed by atoms with Gasteiger partial charge in [0.25, 0.3) is 0 Å². The van der Waals surface area contributed by atoms with Crippen molar-refractivity contribution in [3.05, 3.63) is 12.7 Å². The normalized spacial score (nSPS) is 14.0. The monoisotopic (exact) mass is 637 g/mol. The van der Waals surface area contributed by atoms with Crippen LogP contribution in [-0.4, -0.2) is 64.8 Å². The third-order valence-corrected chi connectivity index (χ3v) is 14.0. The largest absolute Gasteiger partial charge is 0.382 e. The van der Waals surface area contributed by atoms with Crippen LogP contribution in [0, 0.1) is 11.5 Å². The van der Waals surface area contributed by atoms with Crippen molar-refractivity contribution >= 4 is 32.7 Å². The molecule has 12 heteroatoms. The van der Waals surface area contributed by atoms with E-state index < -0.39 is 22.0 Å². The Morgan fingerprint density at radius 1 is 0.930 bits per heavy atom. The van der Waals surface area contributed by atoms with Crippen LogP contribution in [0.2, 0.25) is 18.1 Å². The van der Waals surface area contributed by atoms with Crippen LogP contribution < -0.4 is 5.73 Å². The summed E-state index contributed by atoms with van der Waals surface area (Å²) in [5, 5.41) is 0. The van der Waals surface area contributed by atoms with Gasteiger partial charge in [0, 0.05) is 13.0 Å². The van der Waals surface area contributed by atoms with E-state index in [1.165, 1.54) is 75.8 Å². The highest BCUT2D eigenvalue weighted by atomic mass is 31.2. The van der Waals surface area contributed by atoms with Crippen LogP contribution in [0.5, 0.6) is 0 Å². The van der Waals surface area contributed by atoms with Gasteiger partial charge in [-0.1, -0.05) is 72.1 Å². The Labute approximate surface area is 260 Å². The second kappa shape index (κ2) is 21.0. The molecule has 0 saturated heterocycles. The first-order valence-electron chi connectivity index (χ1n) is 16.3. The third-order valence-electron chi connectivity index (χ3n) is 8.15. The number of rotatable bonds is 24. The topological polar surface area (TPSA) is 135 Å². The minimum atomic E-state index is -3.87. The molecule has 0 fully saturated rings. The first-order chi connectivity index (χ1) is 20.8. The molecular formula is C31H56N5O5PSi. The number of ether oxygens (including phenoxy) is 2. The summed E-state index contributed by atoms with van der Waals surface area (Å²) in [6.07, 6.45) is 15.8. The summed E-state index contributed by atoms with van der Waals surface area (Å²) >= 11 is 0. The van der Waals surface area contributed by atoms with Crippen molar-refractivity contribution in [3.63, 3.8) is 0 Å². The molecule has 2 aromatic rings. The van der Waals surface area contributed by atoms with Crippen molar-refractivity contribution < 1.29 is 23.5 Å². The summed E-state index contributed by atoms with van der Waals surface area (Å²) in [4.78, 5) is 22.4. The second-order valence-corrected chi connectivity index (χ2v) is 18.2. The lowest BCUT2D eigenvalue weighted by molar-refractivity contribution is 0.0610. The first kappa shape index (κ1) is 37.4. The van der Waals surface area contributed by atoms with E-state index in [9.17, 15) is 9.46 Å². The van der Waals surface area contributed by atoms with E-state index in [0.29, 0.717) is 30.1 Å². The van der Waals surface area contributed by atoms with E-state index in [1.807, 2.05) is 0 Å². The Kier molecular flexibility index (Phi) is 18.3. The molecule has 10 nitrogen and oxygen atoms in total. The summed E-state index contributed by atoms with van der Waals surface area (Å²) in [7, 11) is -5.13. The minimum Gasteiger partial charge on any atom is -0.382 e. The van der Waals surface area contributed by atoms with Crippen molar-refractivity contribution in [1.29, 1.82) is 0 Å². The molecule has 0 aliphatic rings. The minimum absolute atomic E-state index is 0.0547. The van der Waals surface area contributed by atoms with E-state index in [2.05, 4.69) is 47.2 Å². The van der Waals surface area contributed by atoms with Crippen molar-refractivity contribution in [1.82, 2.24) is 19.5 Å². The number of fused-ring (bicyclic) bond motifs is 1. The molecule has 0 aliphatic heterocycles. The zero-order valence-electron chi connectivity index (χ0n) is 27.1. The van der Waals surface area contributed by atoms with Gasteiger partial charge in [-0.2, -0.15) is 0 Å². The molecule has 2 aromatic heterocycles. The number of nitrogens with two attached hydrogens (primary N) is 1. The van der Waals surface area contributed by atoms with Gasteiger partial charge in [-0.25, -0.2) is 15.0 Å². The van der Waals surface area contributed by atoms with Crippen molar-refractivity contribution in [2.75, 3.05) is 31.9 Å². The lowest BCUT2D eigenvalue weighted by atomic mass is 10.1. The van der Waals surface area contributed by atoms with Gasteiger partial charge < -0.3 is 29.2 Å². The lowest BCUT2D eigenvalue weighted by Gasteiger charge is -2.20. The Bertz CT molecular complexity index is 1140. The van der Waals surface area contributed by atoms with Gasteiger partial charge in [0.1, 0.15) is 26.3 Å². The van der Waals surface area contributed by atoms with Gasteiger partial charge in [0.05, 0.1) is 32.2 Å². The average Bonchev–Trinajstić information content (AvgIpc) is 3.41. The number of nitrogens with zero attached hydrogens (tertiary/aromatic N) is 4. The fourth-order valence-electron chi connectivity index (χ4n) is 5.06. The molecule has 244 valence electrons. The van der Waals surface area contributed by atoms with Crippen LogP contribution in [-0.2, 0) is 25.1 Å². The summed E-state index contributed by atoms with van der Waals surface area (Å²) < 4.78 is 30.3. The fourth-order valence-corrected chi connectivity index (χ4v) is 8.47. The molecule has 2 heterocycles. The number of nitrogen functional groups attached to an aromatic ring is 1. The van der Waals surface area contributed by atoms with Gasteiger partial charge in [-0.05, 0) is 37.9 Å². The van der Waals surface area contributed by atoms with Gasteiger partial charge >= 0.3 is 7.60 Å². The Morgan fingerprint density at radius 2 is 1.56 bits per heavy atom. The van der Waals surface area contributed by atoms with Gasteiger partial charge in [0.15, 0.2) is 11.5 Å². The number of anilines is 1. The van der Waals surface area contributed by atoms with E-state index in [-0.39, 0.29) is 19.3 Å². The Hall–Kier alpha value is -1.80. The van der Waals surface area contributed by atoms with Crippen LogP contribution >= 0.6 is 7.60 Å². The summed E-state index contributed by atoms with van der Waals surface area (Å²) in [6, 6.07) is 3.88. The smallest absolute Gasteiger partial charge is 0.353 e. The maximum Gasteiger partial charge on any atom is 0.353 e. The van der Waals surface area contributed by atoms with Crippen LogP contribution in [0.4, 0.5) is 5.82 Å². The molecule has 0 aromatic carbocycles. The van der Waals surface area contributed by atoms with Crippen LogP contribution in [0.3, 0.4) is 0 Å². The molecular weight excluding hydrogens is 581 g/mol. The average molecular weight is 638 g/mol. The summed E-state index contributed by atoms with van der Waals surface area (Å²) in [6.45, 7) is 10.1. The Balaban J connectivity index is 1.39. The maximum atomic E-state index is 12.3. The highest BCUT2D eigenvalue weighted by Crippen LogP contribution is 2.41. The number of imidazole rings is 1. The van der Waals surface area contributed by atoms with Crippen LogP contribution in [0.15, 0.2) is 12.7 Å². The van der Waals surface area contributed by atoms with Crippen molar-refractivity contribution in [2.24, 2.45) is 0 Å². The van der Waals surface area contributed by atoms with Crippen molar-refractivity contribution in [3.8, 4) is 11.5 Å². The molecule has 0 amide bonds. The zero-order chi connectivity index (χ0) is 31.4. The van der Waals surface area contributed by atoms with E-state index >= 15 is 0 Å². The Morgan fingerprint density at radius 3 is 2.21 bits per heavy atom. The second-order valence-electron chi connectivity index (χ2n) is 11.4. The van der Waals surface area contributed by atoms with E-state index in [4.69, 9.17) is 19.7 Å². The summed E-state index contributed by atoms with van der Waals surface area (Å²) in [5.41, 5.74) is 10.6. The fraction of sp³-hybridized carbons (Fsp3) is 0.774. The number of hydrogen-bond donors (Lipinski definition) is 2. The molecule has 0 spiro atoms. The SMILES string of the molecule is CC[Si](C#CCCCCCCCCCCCCOCCOP(=O)(O)CO[C@H](C)Cn1cnc2c(N)ncnc21)(CC)CC. The highest BCUT2D eigenvalue weighted by molar-refractivity contribution is 7.52. The molecule has 0 bridgehead atoms. The number of hydrogen-bond acceptors (Lipinski definition) is 8.